The van der Waals surface area contributed by atoms with Crippen LogP contribution in [0.5, 0.6) is 0 Å². The normalized spacial score (nSPS) is 11.1. The first kappa shape index (κ1) is 9.27. The van der Waals surface area contributed by atoms with Gasteiger partial charge in [0.15, 0.2) is 11.6 Å². The molecule has 0 saturated carbocycles. The maximum Gasteiger partial charge on any atom is 0.182 e. The Balaban J connectivity index is 2.54. The molecule has 0 aliphatic carbocycles. The standard InChI is InChI=1S/C10H12N2OS/c1-6(2)8-9(13-12-10(8)11)7-4-3-5-14-7/h3-6H,1-2H3,(H2,11,12). The van der Waals surface area contributed by atoms with E-state index in [-0.39, 0.29) is 0 Å². The zero-order valence-corrected chi connectivity index (χ0v) is 8.97. The fraction of sp³-hybridized carbons (Fsp3) is 0.300. The molecule has 2 N–H and O–H groups in total. The largest absolute Gasteiger partial charge is 0.381 e. The zero-order valence-electron chi connectivity index (χ0n) is 8.15. The van der Waals surface area contributed by atoms with Crippen molar-refractivity contribution in [2.45, 2.75) is 19.8 Å². The van der Waals surface area contributed by atoms with E-state index in [9.17, 15) is 0 Å². The van der Waals surface area contributed by atoms with Gasteiger partial charge in [-0.3, -0.25) is 0 Å². The average Bonchev–Trinajstić information content (AvgIpc) is 2.70. The van der Waals surface area contributed by atoms with Gasteiger partial charge in [-0.2, -0.15) is 0 Å². The Bertz CT molecular complexity index is 417. The zero-order chi connectivity index (χ0) is 10.1. The molecular formula is C10H12N2OS. The first-order chi connectivity index (χ1) is 6.70. The number of anilines is 1. The molecule has 3 nitrogen and oxygen atoms in total. The summed E-state index contributed by atoms with van der Waals surface area (Å²) in [7, 11) is 0. The third-order valence-corrected chi connectivity index (χ3v) is 2.95. The van der Waals surface area contributed by atoms with E-state index >= 15 is 0 Å². The number of thiophene rings is 1. The van der Waals surface area contributed by atoms with E-state index in [1.807, 2.05) is 17.5 Å². The van der Waals surface area contributed by atoms with Crippen molar-refractivity contribution in [3.05, 3.63) is 23.1 Å². The van der Waals surface area contributed by atoms with Gasteiger partial charge in [0.2, 0.25) is 0 Å². The van der Waals surface area contributed by atoms with Crippen LogP contribution in [0.4, 0.5) is 5.82 Å². The summed E-state index contributed by atoms with van der Waals surface area (Å²) in [6, 6.07) is 4.00. The van der Waals surface area contributed by atoms with Gasteiger partial charge in [-0.1, -0.05) is 25.1 Å². The second-order valence-corrected chi connectivity index (χ2v) is 4.39. The van der Waals surface area contributed by atoms with E-state index in [1.54, 1.807) is 11.3 Å². The molecule has 4 heteroatoms. The molecule has 0 aliphatic heterocycles. The van der Waals surface area contributed by atoms with Crippen molar-refractivity contribution >= 4 is 17.2 Å². The van der Waals surface area contributed by atoms with Crippen molar-refractivity contribution in [3.8, 4) is 10.6 Å². The van der Waals surface area contributed by atoms with E-state index in [0.29, 0.717) is 11.7 Å². The summed E-state index contributed by atoms with van der Waals surface area (Å²) in [6.07, 6.45) is 0. The Morgan fingerprint density at radius 1 is 1.50 bits per heavy atom. The van der Waals surface area contributed by atoms with Crippen molar-refractivity contribution in [1.82, 2.24) is 5.16 Å². The Morgan fingerprint density at radius 3 is 2.86 bits per heavy atom. The minimum atomic E-state index is 0.332. The lowest BCUT2D eigenvalue weighted by Gasteiger charge is -2.02. The maximum atomic E-state index is 5.75. The van der Waals surface area contributed by atoms with Crippen LogP contribution in [0, 0.1) is 0 Å². The predicted molar refractivity (Wildman–Crippen MR) is 58.3 cm³/mol. The number of hydrogen-bond acceptors (Lipinski definition) is 4. The van der Waals surface area contributed by atoms with Crippen LogP contribution in [0.15, 0.2) is 22.0 Å². The lowest BCUT2D eigenvalue weighted by atomic mass is 10.0. The van der Waals surface area contributed by atoms with Crippen LogP contribution in [-0.2, 0) is 0 Å². The molecular weight excluding hydrogens is 196 g/mol. The summed E-state index contributed by atoms with van der Waals surface area (Å²) < 4.78 is 5.24. The number of aromatic nitrogens is 1. The molecule has 2 heterocycles. The number of nitrogens with zero attached hydrogens (tertiary/aromatic N) is 1. The van der Waals surface area contributed by atoms with Gasteiger partial charge in [-0.05, 0) is 17.4 Å². The first-order valence-electron chi connectivity index (χ1n) is 4.49. The average molecular weight is 208 g/mol. The van der Waals surface area contributed by atoms with Crippen molar-refractivity contribution in [3.63, 3.8) is 0 Å². The molecule has 0 amide bonds. The highest BCUT2D eigenvalue weighted by Crippen LogP contribution is 2.35. The molecule has 0 bridgehead atoms. The van der Waals surface area contributed by atoms with Crippen LogP contribution >= 0.6 is 11.3 Å². The molecule has 0 radical (unpaired) electrons. The predicted octanol–water partition coefficient (Wildman–Crippen LogP) is 3.11. The van der Waals surface area contributed by atoms with Gasteiger partial charge in [-0.25, -0.2) is 0 Å². The van der Waals surface area contributed by atoms with Crippen molar-refractivity contribution in [2.75, 3.05) is 5.73 Å². The first-order valence-corrected chi connectivity index (χ1v) is 5.37. The van der Waals surface area contributed by atoms with Gasteiger partial charge in [0.1, 0.15) is 0 Å². The van der Waals surface area contributed by atoms with Gasteiger partial charge >= 0.3 is 0 Å². The van der Waals surface area contributed by atoms with Gasteiger partial charge in [-0.15, -0.1) is 11.3 Å². The summed E-state index contributed by atoms with van der Waals surface area (Å²) >= 11 is 1.63. The Labute approximate surface area is 86.5 Å². The molecule has 0 aromatic carbocycles. The molecule has 0 unspecified atom stereocenters. The minimum absolute atomic E-state index is 0.332. The second kappa shape index (κ2) is 3.46. The van der Waals surface area contributed by atoms with Crippen molar-refractivity contribution in [2.24, 2.45) is 0 Å². The van der Waals surface area contributed by atoms with Crippen LogP contribution in [0.2, 0.25) is 0 Å². The molecule has 0 spiro atoms. The Kier molecular flexibility index (Phi) is 2.29. The molecule has 2 aromatic rings. The summed E-state index contributed by atoms with van der Waals surface area (Å²) in [5.74, 6) is 1.65. The summed E-state index contributed by atoms with van der Waals surface area (Å²) in [5, 5.41) is 5.82. The third kappa shape index (κ3) is 1.42. The number of nitrogen functional groups attached to an aromatic ring is 1. The molecule has 0 atom stereocenters. The highest BCUT2D eigenvalue weighted by Gasteiger charge is 2.18. The monoisotopic (exact) mass is 208 g/mol. The highest BCUT2D eigenvalue weighted by molar-refractivity contribution is 7.13. The number of rotatable bonds is 2. The molecule has 0 aliphatic rings. The van der Waals surface area contributed by atoms with E-state index in [0.717, 1.165) is 16.2 Å². The fourth-order valence-electron chi connectivity index (χ4n) is 1.45. The van der Waals surface area contributed by atoms with E-state index in [1.165, 1.54) is 0 Å². The smallest absolute Gasteiger partial charge is 0.182 e. The van der Waals surface area contributed by atoms with Crippen molar-refractivity contribution in [1.29, 1.82) is 0 Å². The van der Waals surface area contributed by atoms with E-state index < -0.39 is 0 Å². The molecule has 0 fully saturated rings. The molecule has 14 heavy (non-hydrogen) atoms. The minimum Gasteiger partial charge on any atom is -0.381 e. The number of hydrogen-bond donors (Lipinski definition) is 1. The van der Waals surface area contributed by atoms with Gasteiger partial charge in [0.05, 0.1) is 4.88 Å². The third-order valence-electron chi connectivity index (χ3n) is 2.08. The van der Waals surface area contributed by atoms with Crippen molar-refractivity contribution < 1.29 is 4.52 Å². The quantitative estimate of drug-likeness (QED) is 0.825. The van der Waals surface area contributed by atoms with Crippen LogP contribution in [0.1, 0.15) is 25.3 Å². The number of nitrogens with two attached hydrogens (primary N) is 1. The van der Waals surface area contributed by atoms with Crippen LogP contribution in [0.3, 0.4) is 0 Å². The van der Waals surface area contributed by atoms with Crippen LogP contribution in [0.25, 0.3) is 10.6 Å². The van der Waals surface area contributed by atoms with Crippen LogP contribution in [-0.4, -0.2) is 5.16 Å². The van der Waals surface area contributed by atoms with Gasteiger partial charge < -0.3 is 10.3 Å². The molecule has 74 valence electrons. The summed E-state index contributed by atoms with van der Waals surface area (Å²) in [6.45, 7) is 4.17. The second-order valence-electron chi connectivity index (χ2n) is 3.44. The van der Waals surface area contributed by atoms with Gasteiger partial charge in [0, 0.05) is 5.56 Å². The maximum absolute atomic E-state index is 5.75. The van der Waals surface area contributed by atoms with Crippen LogP contribution < -0.4 is 5.73 Å². The lowest BCUT2D eigenvalue weighted by molar-refractivity contribution is 0.435. The lowest BCUT2D eigenvalue weighted by Crippen LogP contribution is -1.94. The van der Waals surface area contributed by atoms with Gasteiger partial charge in [0.25, 0.3) is 0 Å². The summed E-state index contributed by atoms with van der Waals surface area (Å²) in [5.41, 5.74) is 6.76. The van der Waals surface area contributed by atoms with E-state index in [2.05, 4.69) is 19.0 Å². The fourth-order valence-corrected chi connectivity index (χ4v) is 2.17. The van der Waals surface area contributed by atoms with E-state index in [4.69, 9.17) is 10.3 Å². The molecule has 2 rings (SSSR count). The molecule has 2 aromatic heterocycles. The Hall–Kier alpha value is -1.29. The molecule has 0 saturated heterocycles. The summed E-state index contributed by atoms with van der Waals surface area (Å²) in [4.78, 5) is 1.08. The highest BCUT2D eigenvalue weighted by atomic mass is 32.1. The SMILES string of the molecule is CC(C)c1c(N)noc1-c1cccs1. The Morgan fingerprint density at radius 2 is 2.29 bits per heavy atom. The topological polar surface area (TPSA) is 52.0 Å².